The second kappa shape index (κ2) is 16.8. The molecule has 0 saturated heterocycles. The van der Waals surface area contributed by atoms with E-state index >= 15 is 0 Å². The standard InChI is InChI=1S/C21H14BrF2NO2S2.C21H15F2NO2S2/c22-20-16-8-4-5-9-19(16)28-21(20)25(13-14-10-11-17(23)18(24)12-14)29(26,27)15-6-2-1-3-7-15;22-18-11-10-15(12-19(18)23)14-24(28(25,26)17-7-2-1-3-8-17)21-13-16-6-4-5-9-20(16)27-21/h1-12H,13H2;1-13H,14H2. The summed E-state index contributed by atoms with van der Waals surface area (Å²) in [6.45, 7) is -0.249. The molecule has 0 unspecified atom stereocenters. The summed E-state index contributed by atoms with van der Waals surface area (Å²) in [7, 11) is -7.84. The first-order valence-corrected chi connectivity index (χ1v) is 22.3. The molecule has 0 fully saturated rings. The monoisotopic (exact) mass is 908 g/mol. The average Bonchev–Trinajstić information content (AvgIpc) is 3.80. The highest BCUT2D eigenvalue weighted by atomic mass is 79.9. The van der Waals surface area contributed by atoms with Crippen LogP contribution in [0.3, 0.4) is 0 Å². The third kappa shape index (κ3) is 8.62. The summed E-state index contributed by atoms with van der Waals surface area (Å²) in [5.41, 5.74) is 0.698. The summed E-state index contributed by atoms with van der Waals surface area (Å²) in [6.07, 6.45) is 0. The van der Waals surface area contributed by atoms with Crippen molar-refractivity contribution >= 4 is 88.8 Å². The molecule has 0 aliphatic carbocycles. The van der Waals surface area contributed by atoms with Gasteiger partial charge in [-0.05, 0) is 99.2 Å². The van der Waals surface area contributed by atoms with E-state index in [2.05, 4.69) is 15.9 Å². The molecule has 0 bridgehead atoms. The van der Waals surface area contributed by atoms with Crippen LogP contribution in [0.1, 0.15) is 11.1 Å². The molecule has 0 atom stereocenters. The fourth-order valence-corrected chi connectivity index (χ4v) is 12.4. The molecule has 0 radical (unpaired) electrons. The third-order valence-electron chi connectivity index (χ3n) is 8.69. The molecule has 8 rings (SSSR count). The first-order valence-electron chi connectivity index (χ1n) is 17.0. The van der Waals surface area contributed by atoms with Crippen LogP contribution < -0.4 is 8.61 Å². The van der Waals surface area contributed by atoms with Crippen molar-refractivity contribution in [1.29, 1.82) is 0 Å². The first kappa shape index (κ1) is 40.1. The number of rotatable bonds is 10. The summed E-state index contributed by atoms with van der Waals surface area (Å²) >= 11 is 6.17. The minimum Gasteiger partial charge on any atom is -0.253 e. The van der Waals surface area contributed by atoms with Gasteiger partial charge in [-0.15, -0.1) is 22.7 Å². The van der Waals surface area contributed by atoms with Crippen molar-refractivity contribution in [2.24, 2.45) is 0 Å². The molecule has 0 aliphatic heterocycles. The van der Waals surface area contributed by atoms with E-state index in [1.807, 2.05) is 48.5 Å². The van der Waals surface area contributed by atoms with Gasteiger partial charge in [0.05, 0.1) is 27.4 Å². The number of thiophene rings is 2. The van der Waals surface area contributed by atoms with Gasteiger partial charge in [0.2, 0.25) is 0 Å². The Labute approximate surface area is 343 Å². The van der Waals surface area contributed by atoms with Crippen LogP contribution in [0.15, 0.2) is 166 Å². The van der Waals surface area contributed by atoms with Crippen molar-refractivity contribution in [2.75, 3.05) is 8.61 Å². The van der Waals surface area contributed by atoms with Crippen LogP contribution in [-0.2, 0) is 33.1 Å². The summed E-state index contributed by atoms with van der Waals surface area (Å²) in [4.78, 5) is 0.252. The quantitative estimate of drug-likeness (QED) is 0.128. The van der Waals surface area contributed by atoms with Gasteiger partial charge in [0.15, 0.2) is 23.3 Å². The Kier molecular flexibility index (Phi) is 11.8. The van der Waals surface area contributed by atoms with Gasteiger partial charge < -0.3 is 0 Å². The molecule has 2 heterocycles. The molecule has 6 nitrogen and oxygen atoms in total. The molecule has 0 amide bonds. The van der Waals surface area contributed by atoms with Crippen LogP contribution in [0.2, 0.25) is 0 Å². The van der Waals surface area contributed by atoms with Crippen molar-refractivity contribution in [2.45, 2.75) is 22.9 Å². The van der Waals surface area contributed by atoms with E-state index in [0.29, 0.717) is 25.6 Å². The molecule has 8 aromatic rings. The van der Waals surface area contributed by atoms with E-state index < -0.39 is 43.3 Å². The van der Waals surface area contributed by atoms with Crippen molar-refractivity contribution < 1.29 is 34.4 Å². The van der Waals surface area contributed by atoms with Crippen molar-refractivity contribution in [1.82, 2.24) is 0 Å². The number of hydrogen-bond acceptors (Lipinski definition) is 6. The van der Waals surface area contributed by atoms with Crippen LogP contribution in [0, 0.1) is 23.3 Å². The molecule has 6 aromatic carbocycles. The maximum Gasteiger partial charge on any atom is 0.265 e. The predicted molar refractivity (Wildman–Crippen MR) is 224 cm³/mol. The molecule has 15 heteroatoms. The lowest BCUT2D eigenvalue weighted by molar-refractivity contribution is 0.507. The normalized spacial score (nSPS) is 11.7. The smallest absolute Gasteiger partial charge is 0.253 e. The van der Waals surface area contributed by atoms with E-state index in [1.54, 1.807) is 42.5 Å². The van der Waals surface area contributed by atoms with Crippen LogP contribution in [0.4, 0.5) is 27.6 Å². The van der Waals surface area contributed by atoms with Crippen molar-refractivity contribution in [3.63, 3.8) is 0 Å². The zero-order chi connectivity index (χ0) is 40.3. The average molecular weight is 910 g/mol. The van der Waals surface area contributed by atoms with Crippen molar-refractivity contribution in [3.8, 4) is 0 Å². The Morgan fingerprint density at radius 2 is 0.965 bits per heavy atom. The Bertz CT molecular complexity index is 2900. The van der Waals surface area contributed by atoms with Crippen LogP contribution in [0.5, 0.6) is 0 Å². The molecular weight excluding hydrogens is 881 g/mol. The Morgan fingerprint density at radius 3 is 1.49 bits per heavy atom. The number of anilines is 2. The topological polar surface area (TPSA) is 74.8 Å². The van der Waals surface area contributed by atoms with E-state index in [0.717, 1.165) is 44.4 Å². The maximum atomic E-state index is 13.7. The summed E-state index contributed by atoms with van der Waals surface area (Å²) < 4.78 is 113. The second-order valence-electron chi connectivity index (χ2n) is 12.5. The second-order valence-corrected chi connectivity index (χ2v) is 19.1. The fraction of sp³-hybridized carbons (Fsp3) is 0.0476. The summed E-state index contributed by atoms with van der Waals surface area (Å²) in [6, 6.07) is 39.8. The number of benzene rings is 6. The minimum absolute atomic E-state index is 0.110. The number of fused-ring (bicyclic) bond motifs is 2. The number of nitrogens with zero attached hydrogens (tertiary/aromatic N) is 2. The fourth-order valence-electron chi connectivity index (χ4n) is 5.85. The van der Waals surface area contributed by atoms with Crippen molar-refractivity contribution in [3.05, 3.63) is 191 Å². The maximum absolute atomic E-state index is 13.7. The van der Waals surface area contributed by atoms with Crippen LogP contribution in [-0.4, -0.2) is 16.8 Å². The molecule has 0 spiro atoms. The van der Waals surface area contributed by atoms with Gasteiger partial charge in [-0.1, -0.05) is 84.9 Å². The van der Waals surface area contributed by atoms with E-state index in [4.69, 9.17) is 0 Å². The van der Waals surface area contributed by atoms with Gasteiger partial charge in [-0.25, -0.2) is 34.4 Å². The van der Waals surface area contributed by atoms with E-state index in [1.165, 1.54) is 67.7 Å². The van der Waals surface area contributed by atoms with E-state index in [-0.39, 0.29) is 22.9 Å². The predicted octanol–water partition coefficient (Wildman–Crippen LogP) is 11.9. The Balaban J connectivity index is 0.000000174. The highest BCUT2D eigenvalue weighted by molar-refractivity contribution is 9.10. The zero-order valence-electron chi connectivity index (χ0n) is 29.4. The molecule has 57 heavy (non-hydrogen) atoms. The SMILES string of the molecule is O=S(=O)(c1ccccc1)N(Cc1ccc(F)c(F)c1)c1cc2ccccc2s1.O=S(=O)(c1ccccc1)N(Cc1ccc(F)c(F)c1)c1sc2ccccc2c1Br. The first-order chi connectivity index (χ1) is 27.3. The van der Waals surface area contributed by atoms with Gasteiger partial charge in [0.1, 0.15) is 10.0 Å². The lowest BCUT2D eigenvalue weighted by Crippen LogP contribution is -2.30. The van der Waals surface area contributed by atoms with Gasteiger partial charge in [-0.3, -0.25) is 8.61 Å². The Morgan fingerprint density at radius 1 is 0.491 bits per heavy atom. The lowest BCUT2D eigenvalue weighted by atomic mass is 10.2. The zero-order valence-corrected chi connectivity index (χ0v) is 34.3. The van der Waals surface area contributed by atoms with Gasteiger partial charge in [0.25, 0.3) is 20.0 Å². The molecular formula is C42H29BrF4N2O4S4. The highest BCUT2D eigenvalue weighted by Gasteiger charge is 2.30. The molecule has 0 N–H and O–H groups in total. The lowest BCUT2D eigenvalue weighted by Gasteiger charge is -2.24. The van der Waals surface area contributed by atoms with Crippen LogP contribution in [0.25, 0.3) is 20.2 Å². The Hall–Kier alpha value is -5.06. The molecule has 0 aliphatic rings. The van der Waals surface area contributed by atoms with Crippen LogP contribution >= 0.6 is 38.6 Å². The molecule has 290 valence electrons. The molecule has 0 saturated carbocycles. The summed E-state index contributed by atoms with van der Waals surface area (Å²) in [5.74, 6) is -3.97. The molecule has 2 aromatic heterocycles. The van der Waals surface area contributed by atoms with Gasteiger partial charge >= 0.3 is 0 Å². The number of hydrogen-bond donors (Lipinski definition) is 0. The van der Waals surface area contributed by atoms with E-state index in [9.17, 15) is 34.4 Å². The highest BCUT2D eigenvalue weighted by Crippen LogP contribution is 2.44. The number of halogens is 5. The van der Waals surface area contributed by atoms with Gasteiger partial charge in [0, 0.05) is 14.8 Å². The van der Waals surface area contributed by atoms with Gasteiger partial charge in [-0.2, -0.15) is 0 Å². The summed E-state index contributed by atoms with van der Waals surface area (Å²) in [5, 5.41) is 2.78. The number of sulfonamides is 2. The largest absolute Gasteiger partial charge is 0.265 e. The third-order valence-corrected chi connectivity index (χ3v) is 15.8. The minimum atomic E-state index is -3.95.